The molecule has 0 amide bonds. The molecule has 2 rings (SSSR count). The minimum atomic E-state index is 0.314. The zero-order valence-electron chi connectivity index (χ0n) is 12.7. The van der Waals surface area contributed by atoms with Crippen molar-refractivity contribution in [2.24, 2.45) is 5.92 Å². The van der Waals surface area contributed by atoms with Crippen LogP contribution in [0.1, 0.15) is 33.6 Å². The minimum absolute atomic E-state index is 0.314. The van der Waals surface area contributed by atoms with E-state index in [0.717, 1.165) is 39.5 Å². The Labute approximate surface area is 117 Å². The highest BCUT2D eigenvalue weighted by Crippen LogP contribution is 2.23. The fraction of sp³-hybridized carbons (Fsp3) is 1.00. The Kier molecular flexibility index (Phi) is 6.07. The van der Waals surface area contributed by atoms with Crippen molar-refractivity contribution in [1.29, 1.82) is 0 Å². The van der Waals surface area contributed by atoms with Gasteiger partial charge in [-0.25, -0.2) is 0 Å². The lowest BCUT2D eigenvalue weighted by Gasteiger charge is -2.41. The first-order valence-corrected chi connectivity index (χ1v) is 7.89. The average Bonchev–Trinajstić information content (AvgIpc) is 2.93. The van der Waals surface area contributed by atoms with Crippen molar-refractivity contribution in [1.82, 2.24) is 10.2 Å². The van der Waals surface area contributed by atoms with Crippen molar-refractivity contribution < 1.29 is 9.47 Å². The fourth-order valence-electron chi connectivity index (χ4n) is 3.13. The summed E-state index contributed by atoms with van der Waals surface area (Å²) in [6.07, 6.45) is 2.66. The van der Waals surface area contributed by atoms with E-state index in [1.165, 1.54) is 12.8 Å². The van der Waals surface area contributed by atoms with Gasteiger partial charge in [0.05, 0.1) is 19.3 Å². The first-order valence-electron chi connectivity index (χ1n) is 7.89. The van der Waals surface area contributed by atoms with Crippen LogP contribution in [-0.4, -0.2) is 62.5 Å². The molecule has 2 heterocycles. The fourth-order valence-corrected chi connectivity index (χ4v) is 3.13. The topological polar surface area (TPSA) is 33.7 Å². The van der Waals surface area contributed by atoms with Crippen molar-refractivity contribution >= 4 is 0 Å². The second-order valence-corrected chi connectivity index (χ2v) is 6.10. The van der Waals surface area contributed by atoms with Crippen LogP contribution in [0.3, 0.4) is 0 Å². The largest absolute Gasteiger partial charge is 0.381 e. The molecule has 2 aliphatic heterocycles. The predicted molar refractivity (Wildman–Crippen MR) is 77.5 cm³/mol. The van der Waals surface area contributed by atoms with Gasteiger partial charge in [-0.05, 0) is 33.2 Å². The third-order valence-corrected chi connectivity index (χ3v) is 4.36. The van der Waals surface area contributed by atoms with Gasteiger partial charge in [0.25, 0.3) is 0 Å². The van der Waals surface area contributed by atoms with E-state index >= 15 is 0 Å². The van der Waals surface area contributed by atoms with Crippen molar-refractivity contribution in [3.8, 4) is 0 Å². The maximum absolute atomic E-state index is 6.07. The van der Waals surface area contributed by atoms with E-state index in [2.05, 4.69) is 31.0 Å². The molecule has 2 saturated heterocycles. The molecule has 2 aliphatic rings. The molecule has 19 heavy (non-hydrogen) atoms. The van der Waals surface area contributed by atoms with Crippen LogP contribution in [0.2, 0.25) is 0 Å². The van der Waals surface area contributed by atoms with Gasteiger partial charge >= 0.3 is 0 Å². The van der Waals surface area contributed by atoms with Crippen LogP contribution in [0, 0.1) is 5.92 Å². The van der Waals surface area contributed by atoms with Gasteiger partial charge in [-0.1, -0.05) is 6.92 Å². The number of ether oxygens (including phenoxy) is 2. The van der Waals surface area contributed by atoms with E-state index in [9.17, 15) is 0 Å². The molecular formula is C15H30N2O2. The zero-order valence-corrected chi connectivity index (χ0v) is 12.7. The number of nitrogens with one attached hydrogen (secondary N) is 1. The summed E-state index contributed by atoms with van der Waals surface area (Å²) in [7, 11) is 0. The van der Waals surface area contributed by atoms with Gasteiger partial charge in [-0.3, -0.25) is 4.90 Å². The van der Waals surface area contributed by atoms with Crippen LogP contribution in [0.4, 0.5) is 0 Å². The summed E-state index contributed by atoms with van der Waals surface area (Å²) < 4.78 is 11.6. The molecule has 3 atom stereocenters. The van der Waals surface area contributed by atoms with Crippen molar-refractivity contribution in [2.75, 3.05) is 39.5 Å². The van der Waals surface area contributed by atoms with E-state index in [-0.39, 0.29) is 0 Å². The molecule has 0 aromatic carbocycles. The zero-order chi connectivity index (χ0) is 13.7. The van der Waals surface area contributed by atoms with Crippen LogP contribution >= 0.6 is 0 Å². The Morgan fingerprint density at radius 2 is 2.16 bits per heavy atom. The van der Waals surface area contributed by atoms with Crippen LogP contribution < -0.4 is 5.32 Å². The number of hydrogen-bond donors (Lipinski definition) is 1. The van der Waals surface area contributed by atoms with Gasteiger partial charge in [0.1, 0.15) is 0 Å². The van der Waals surface area contributed by atoms with E-state index in [1.54, 1.807) is 0 Å². The highest BCUT2D eigenvalue weighted by Gasteiger charge is 2.35. The van der Waals surface area contributed by atoms with Gasteiger partial charge in [0.15, 0.2) is 0 Å². The van der Waals surface area contributed by atoms with Crippen LogP contribution in [-0.2, 0) is 9.47 Å². The summed E-state index contributed by atoms with van der Waals surface area (Å²) >= 11 is 0. The molecule has 0 saturated carbocycles. The number of nitrogens with zero attached hydrogens (tertiary/aromatic N) is 1. The molecule has 0 aromatic heterocycles. The number of hydrogen-bond acceptors (Lipinski definition) is 4. The minimum Gasteiger partial charge on any atom is -0.381 e. The van der Waals surface area contributed by atoms with Gasteiger partial charge in [-0.15, -0.1) is 0 Å². The first kappa shape index (κ1) is 15.2. The van der Waals surface area contributed by atoms with Crippen molar-refractivity contribution in [3.63, 3.8) is 0 Å². The molecule has 4 nitrogen and oxygen atoms in total. The second-order valence-electron chi connectivity index (χ2n) is 6.10. The summed E-state index contributed by atoms with van der Waals surface area (Å²) in [5, 5.41) is 3.71. The van der Waals surface area contributed by atoms with Crippen molar-refractivity contribution in [2.45, 2.75) is 51.8 Å². The predicted octanol–water partition coefficient (Wildman–Crippen LogP) is 1.50. The molecule has 4 heteroatoms. The highest BCUT2D eigenvalue weighted by atomic mass is 16.5. The highest BCUT2D eigenvalue weighted by molar-refractivity contribution is 4.90. The summed E-state index contributed by atoms with van der Waals surface area (Å²) in [5.41, 5.74) is 0. The van der Waals surface area contributed by atoms with E-state index < -0.39 is 0 Å². The van der Waals surface area contributed by atoms with E-state index in [0.29, 0.717) is 24.1 Å². The average molecular weight is 270 g/mol. The maximum Gasteiger partial charge on any atom is 0.0858 e. The van der Waals surface area contributed by atoms with Gasteiger partial charge in [-0.2, -0.15) is 0 Å². The quantitative estimate of drug-likeness (QED) is 0.793. The van der Waals surface area contributed by atoms with Crippen LogP contribution in [0.15, 0.2) is 0 Å². The van der Waals surface area contributed by atoms with Gasteiger partial charge in [0.2, 0.25) is 0 Å². The summed E-state index contributed by atoms with van der Waals surface area (Å²) in [5.74, 6) is 0.615. The number of rotatable bonds is 6. The molecular weight excluding hydrogens is 240 g/mol. The summed E-state index contributed by atoms with van der Waals surface area (Å²) in [6, 6.07) is 1.06. The second kappa shape index (κ2) is 7.58. The Bertz CT molecular complexity index is 255. The summed E-state index contributed by atoms with van der Waals surface area (Å²) in [4.78, 5) is 2.53. The molecule has 0 spiro atoms. The van der Waals surface area contributed by atoms with Crippen LogP contribution in [0.25, 0.3) is 0 Å². The SMILES string of the molecule is CCCNC(C1CCOC1)C1CN(C(C)C)CCO1. The Morgan fingerprint density at radius 1 is 1.32 bits per heavy atom. The van der Waals surface area contributed by atoms with E-state index in [1.807, 2.05) is 0 Å². The Morgan fingerprint density at radius 3 is 2.79 bits per heavy atom. The molecule has 3 unspecified atom stereocenters. The Balaban J connectivity index is 1.95. The molecule has 0 bridgehead atoms. The standard InChI is InChI=1S/C15H30N2O2/c1-4-6-16-15(13-5-8-18-11-13)14-10-17(12(2)3)7-9-19-14/h12-16H,4-11H2,1-3H3. The van der Waals surface area contributed by atoms with Crippen LogP contribution in [0.5, 0.6) is 0 Å². The Hall–Kier alpha value is -0.160. The lowest BCUT2D eigenvalue weighted by Crippen LogP contribution is -2.56. The van der Waals surface area contributed by atoms with Crippen molar-refractivity contribution in [3.05, 3.63) is 0 Å². The monoisotopic (exact) mass is 270 g/mol. The number of morpholine rings is 1. The molecule has 1 N–H and O–H groups in total. The molecule has 112 valence electrons. The molecule has 2 fully saturated rings. The molecule has 0 aromatic rings. The summed E-state index contributed by atoms with van der Waals surface area (Å²) in [6.45, 7) is 12.6. The lowest BCUT2D eigenvalue weighted by molar-refractivity contribution is -0.0650. The maximum atomic E-state index is 6.07. The lowest BCUT2D eigenvalue weighted by atomic mass is 9.92. The third-order valence-electron chi connectivity index (χ3n) is 4.36. The van der Waals surface area contributed by atoms with E-state index in [4.69, 9.17) is 9.47 Å². The van der Waals surface area contributed by atoms with Gasteiger partial charge < -0.3 is 14.8 Å². The molecule has 0 radical (unpaired) electrons. The normalized spacial score (nSPS) is 30.9. The van der Waals surface area contributed by atoms with Gasteiger partial charge in [0, 0.05) is 37.7 Å². The third kappa shape index (κ3) is 4.15. The first-order chi connectivity index (χ1) is 9.22. The smallest absolute Gasteiger partial charge is 0.0858 e. The molecule has 0 aliphatic carbocycles.